The van der Waals surface area contributed by atoms with E-state index < -0.39 is 18.6 Å². The van der Waals surface area contributed by atoms with Gasteiger partial charge in [0.2, 0.25) is 5.91 Å². The number of nitrogens with one attached hydrogen (secondary N) is 1. The molecule has 0 heterocycles. The summed E-state index contributed by atoms with van der Waals surface area (Å²) in [6.07, 6.45) is -4.31. The lowest BCUT2D eigenvalue weighted by atomic mass is 10.1. The predicted molar refractivity (Wildman–Crippen MR) is 54.8 cm³/mol. The van der Waals surface area contributed by atoms with Crippen LogP contribution in [0.5, 0.6) is 0 Å². The average Bonchev–Trinajstić information content (AvgIpc) is 2.21. The molecule has 0 aliphatic heterocycles. The molecule has 1 atom stereocenters. The summed E-state index contributed by atoms with van der Waals surface area (Å²) in [4.78, 5) is 12.5. The van der Waals surface area contributed by atoms with Crippen LogP contribution in [-0.4, -0.2) is 50.2 Å². The summed E-state index contributed by atoms with van der Waals surface area (Å²) >= 11 is 0. The third-order valence-electron chi connectivity index (χ3n) is 2.32. The number of likely N-dealkylation sites (N-methyl/N-ethyl adjacent to an activating group) is 2. The number of alkyl halides is 3. The third-order valence-corrected chi connectivity index (χ3v) is 2.32. The highest BCUT2D eigenvalue weighted by Gasteiger charge is 2.39. The topological polar surface area (TPSA) is 58.4 Å². The summed E-state index contributed by atoms with van der Waals surface area (Å²) in [6.45, 7) is 1.32. The van der Waals surface area contributed by atoms with Gasteiger partial charge in [-0.05, 0) is 6.54 Å². The number of amides is 1. The Labute approximate surface area is 93.0 Å². The SMILES string of the molecule is CCN(CC(=O)NC)CC(CN)C(F)(F)F. The molecule has 0 rings (SSSR count). The van der Waals surface area contributed by atoms with E-state index in [1.54, 1.807) is 6.92 Å². The van der Waals surface area contributed by atoms with Crippen molar-refractivity contribution in [3.8, 4) is 0 Å². The fourth-order valence-electron chi connectivity index (χ4n) is 1.21. The van der Waals surface area contributed by atoms with Crippen LogP contribution in [0.2, 0.25) is 0 Å². The summed E-state index contributed by atoms with van der Waals surface area (Å²) < 4.78 is 37.3. The van der Waals surface area contributed by atoms with E-state index in [2.05, 4.69) is 5.32 Å². The van der Waals surface area contributed by atoms with Gasteiger partial charge in [0.25, 0.3) is 0 Å². The van der Waals surface area contributed by atoms with Crippen molar-refractivity contribution in [3.63, 3.8) is 0 Å². The van der Waals surface area contributed by atoms with E-state index in [0.717, 1.165) is 0 Å². The quantitative estimate of drug-likeness (QED) is 0.698. The van der Waals surface area contributed by atoms with Crippen LogP contribution in [0, 0.1) is 5.92 Å². The molecule has 0 aromatic rings. The van der Waals surface area contributed by atoms with Gasteiger partial charge in [-0.3, -0.25) is 9.69 Å². The largest absolute Gasteiger partial charge is 0.394 e. The zero-order valence-corrected chi connectivity index (χ0v) is 9.47. The van der Waals surface area contributed by atoms with Gasteiger partial charge in [-0.1, -0.05) is 6.92 Å². The van der Waals surface area contributed by atoms with Crippen molar-refractivity contribution in [2.75, 3.05) is 33.2 Å². The third kappa shape index (κ3) is 5.32. The maximum Gasteiger partial charge on any atom is 0.394 e. The first-order valence-corrected chi connectivity index (χ1v) is 5.04. The molecule has 0 bridgehead atoms. The zero-order chi connectivity index (χ0) is 12.8. The fraction of sp³-hybridized carbons (Fsp3) is 0.889. The summed E-state index contributed by atoms with van der Waals surface area (Å²) in [5.41, 5.74) is 5.08. The molecule has 0 saturated carbocycles. The van der Waals surface area contributed by atoms with Gasteiger partial charge in [-0.15, -0.1) is 0 Å². The molecule has 7 heteroatoms. The van der Waals surface area contributed by atoms with E-state index in [1.165, 1.54) is 11.9 Å². The molecule has 16 heavy (non-hydrogen) atoms. The van der Waals surface area contributed by atoms with Crippen LogP contribution >= 0.6 is 0 Å². The van der Waals surface area contributed by atoms with Gasteiger partial charge in [0, 0.05) is 20.1 Å². The van der Waals surface area contributed by atoms with E-state index in [9.17, 15) is 18.0 Å². The number of nitrogens with two attached hydrogens (primary N) is 1. The molecule has 96 valence electrons. The Bertz CT molecular complexity index is 221. The monoisotopic (exact) mass is 241 g/mol. The molecule has 0 saturated heterocycles. The van der Waals surface area contributed by atoms with Crippen molar-refractivity contribution >= 4 is 5.91 Å². The van der Waals surface area contributed by atoms with Crippen molar-refractivity contribution in [2.45, 2.75) is 13.1 Å². The second-order valence-corrected chi connectivity index (χ2v) is 3.48. The first-order chi connectivity index (χ1) is 7.35. The van der Waals surface area contributed by atoms with Crippen molar-refractivity contribution in [3.05, 3.63) is 0 Å². The maximum absolute atomic E-state index is 12.4. The molecule has 0 aliphatic rings. The number of carbonyl (C=O) groups is 1. The molecule has 4 nitrogen and oxygen atoms in total. The van der Waals surface area contributed by atoms with Crippen LogP contribution in [-0.2, 0) is 4.79 Å². The minimum absolute atomic E-state index is 0.0421. The summed E-state index contributed by atoms with van der Waals surface area (Å²) in [5.74, 6) is -1.89. The first kappa shape index (κ1) is 15.2. The Morgan fingerprint density at radius 1 is 1.50 bits per heavy atom. The van der Waals surface area contributed by atoms with Crippen molar-refractivity contribution in [1.29, 1.82) is 0 Å². The normalized spacial score (nSPS) is 13.9. The molecule has 1 amide bonds. The minimum atomic E-state index is -4.31. The highest BCUT2D eigenvalue weighted by atomic mass is 19.4. The number of hydrogen-bond donors (Lipinski definition) is 2. The Balaban J connectivity index is 4.34. The Hall–Kier alpha value is -0.820. The molecule has 0 radical (unpaired) electrons. The van der Waals surface area contributed by atoms with Crippen LogP contribution in [0.3, 0.4) is 0 Å². The average molecular weight is 241 g/mol. The molecule has 0 aromatic carbocycles. The van der Waals surface area contributed by atoms with E-state index in [1.807, 2.05) is 0 Å². The second kappa shape index (κ2) is 6.70. The lowest BCUT2D eigenvalue weighted by molar-refractivity contribution is -0.176. The summed E-state index contributed by atoms with van der Waals surface area (Å²) in [5, 5.41) is 2.37. The van der Waals surface area contributed by atoms with Crippen LogP contribution in [0.4, 0.5) is 13.2 Å². The Morgan fingerprint density at radius 2 is 2.06 bits per heavy atom. The molecular weight excluding hydrogens is 223 g/mol. The van der Waals surface area contributed by atoms with Gasteiger partial charge in [-0.2, -0.15) is 13.2 Å². The van der Waals surface area contributed by atoms with E-state index in [-0.39, 0.29) is 19.0 Å². The van der Waals surface area contributed by atoms with Crippen molar-refractivity contribution < 1.29 is 18.0 Å². The van der Waals surface area contributed by atoms with Crippen LogP contribution in [0.15, 0.2) is 0 Å². The van der Waals surface area contributed by atoms with Crippen LogP contribution in [0.1, 0.15) is 6.92 Å². The van der Waals surface area contributed by atoms with Gasteiger partial charge in [0.15, 0.2) is 0 Å². The lowest BCUT2D eigenvalue weighted by Crippen LogP contribution is -2.44. The highest BCUT2D eigenvalue weighted by Crippen LogP contribution is 2.25. The second-order valence-electron chi connectivity index (χ2n) is 3.48. The predicted octanol–water partition coefficient (Wildman–Crippen LogP) is 0.192. The molecule has 0 spiro atoms. The Kier molecular flexibility index (Phi) is 6.35. The number of carbonyl (C=O) groups excluding carboxylic acids is 1. The number of nitrogens with zero attached hydrogens (tertiary/aromatic N) is 1. The number of hydrogen-bond acceptors (Lipinski definition) is 3. The molecule has 0 fully saturated rings. The van der Waals surface area contributed by atoms with Crippen LogP contribution < -0.4 is 11.1 Å². The van der Waals surface area contributed by atoms with E-state index in [4.69, 9.17) is 5.73 Å². The van der Waals surface area contributed by atoms with E-state index in [0.29, 0.717) is 6.54 Å². The van der Waals surface area contributed by atoms with Gasteiger partial charge < -0.3 is 11.1 Å². The maximum atomic E-state index is 12.4. The summed E-state index contributed by atoms with van der Waals surface area (Å²) in [7, 11) is 1.44. The van der Waals surface area contributed by atoms with Crippen molar-refractivity contribution in [1.82, 2.24) is 10.2 Å². The van der Waals surface area contributed by atoms with Gasteiger partial charge in [-0.25, -0.2) is 0 Å². The smallest absolute Gasteiger partial charge is 0.358 e. The van der Waals surface area contributed by atoms with Gasteiger partial charge >= 0.3 is 6.18 Å². The zero-order valence-electron chi connectivity index (χ0n) is 9.47. The molecule has 3 N–H and O–H groups in total. The Morgan fingerprint density at radius 3 is 2.38 bits per heavy atom. The van der Waals surface area contributed by atoms with E-state index >= 15 is 0 Å². The van der Waals surface area contributed by atoms with Gasteiger partial charge in [0.1, 0.15) is 0 Å². The minimum Gasteiger partial charge on any atom is -0.358 e. The van der Waals surface area contributed by atoms with Crippen molar-refractivity contribution in [2.24, 2.45) is 11.7 Å². The highest BCUT2D eigenvalue weighted by molar-refractivity contribution is 5.77. The molecule has 0 aliphatic carbocycles. The number of halogens is 3. The molecular formula is C9H18F3N3O. The van der Waals surface area contributed by atoms with Gasteiger partial charge in [0.05, 0.1) is 12.5 Å². The number of rotatable bonds is 6. The summed E-state index contributed by atoms with van der Waals surface area (Å²) in [6, 6.07) is 0. The standard InChI is InChI=1S/C9H18F3N3O/c1-3-15(6-8(16)14-2)5-7(4-13)9(10,11)12/h7H,3-6,13H2,1-2H3,(H,14,16). The molecule has 1 unspecified atom stereocenters. The van der Waals surface area contributed by atoms with Crippen LogP contribution in [0.25, 0.3) is 0 Å². The molecule has 0 aromatic heterocycles. The first-order valence-electron chi connectivity index (χ1n) is 5.04. The fourth-order valence-corrected chi connectivity index (χ4v) is 1.21. The lowest BCUT2D eigenvalue weighted by Gasteiger charge is -2.26.